The SMILES string of the molecule is CC(=O)Nc1ccccc1Oc1nc(C)nc(NN)c1C. The fourth-order valence-corrected chi connectivity index (χ4v) is 1.80. The van der Waals surface area contributed by atoms with Gasteiger partial charge in [-0.3, -0.25) is 4.79 Å². The molecule has 0 radical (unpaired) electrons. The number of carbonyl (C=O) groups is 1. The van der Waals surface area contributed by atoms with E-state index in [0.29, 0.717) is 34.5 Å². The maximum Gasteiger partial charge on any atom is 0.227 e. The molecule has 2 aromatic rings. The molecule has 1 amide bonds. The minimum Gasteiger partial charge on any atom is -0.436 e. The van der Waals surface area contributed by atoms with E-state index in [1.165, 1.54) is 6.92 Å². The van der Waals surface area contributed by atoms with Crippen LogP contribution in [-0.4, -0.2) is 15.9 Å². The van der Waals surface area contributed by atoms with E-state index in [1.54, 1.807) is 26.0 Å². The molecule has 4 N–H and O–H groups in total. The Labute approximate surface area is 122 Å². The number of hydrogen-bond acceptors (Lipinski definition) is 6. The summed E-state index contributed by atoms with van der Waals surface area (Å²) < 4.78 is 5.80. The number of ether oxygens (including phenoxy) is 1. The van der Waals surface area contributed by atoms with E-state index >= 15 is 0 Å². The van der Waals surface area contributed by atoms with Crippen molar-refractivity contribution in [2.45, 2.75) is 20.8 Å². The molecule has 7 heteroatoms. The van der Waals surface area contributed by atoms with Crippen LogP contribution in [0.4, 0.5) is 11.5 Å². The second-order valence-corrected chi connectivity index (χ2v) is 4.47. The summed E-state index contributed by atoms with van der Waals surface area (Å²) in [5.41, 5.74) is 3.76. The van der Waals surface area contributed by atoms with Crippen molar-refractivity contribution in [1.82, 2.24) is 9.97 Å². The molecule has 0 bridgehead atoms. The van der Waals surface area contributed by atoms with Crippen molar-refractivity contribution < 1.29 is 9.53 Å². The predicted molar refractivity (Wildman–Crippen MR) is 80.1 cm³/mol. The average molecular weight is 287 g/mol. The van der Waals surface area contributed by atoms with Gasteiger partial charge < -0.3 is 15.5 Å². The molecule has 0 saturated carbocycles. The molecular weight excluding hydrogens is 270 g/mol. The summed E-state index contributed by atoms with van der Waals surface area (Å²) in [6.45, 7) is 4.98. The van der Waals surface area contributed by atoms with Crippen LogP contribution in [0.3, 0.4) is 0 Å². The number of nitrogen functional groups attached to an aromatic ring is 1. The first kappa shape index (κ1) is 14.7. The van der Waals surface area contributed by atoms with Gasteiger partial charge in [-0.1, -0.05) is 12.1 Å². The Balaban J connectivity index is 2.39. The number of nitrogens with zero attached hydrogens (tertiary/aromatic N) is 2. The van der Waals surface area contributed by atoms with Gasteiger partial charge in [0.2, 0.25) is 11.8 Å². The standard InChI is InChI=1S/C14H17N5O2/c1-8-13(19-15)16-9(2)17-14(8)21-12-7-5-4-6-11(12)18-10(3)20/h4-7H,15H2,1-3H3,(H,18,20)(H,16,17,19). The van der Waals surface area contributed by atoms with Crippen LogP contribution < -0.4 is 21.3 Å². The van der Waals surface area contributed by atoms with Crippen molar-refractivity contribution in [1.29, 1.82) is 0 Å². The summed E-state index contributed by atoms with van der Waals surface area (Å²) in [6.07, 6.45) is 0. The summed E-state index contributed by atoms with van der Waals surface area (Å²) in [5.74, 6) is 7.15. The van der Waals surface area contributed by atoms with Gasteiger partial charge in [0, 0.05) is 6.92 Å². The quantitative estimate of drug-likeness (QED) is 0.588. The van der Waals surface area contributed by atoms with Gasteiger partial charge in [-0.15, -0.1) is 0 Å². The van der Waals surface area contributed by atoms with Gasteiger partial charge in [-0.2, -0.15) is 4.98 Å². The molecule has 0 aliphatic heterocycles. The lowest BCUT2D eigenvalue weighted by Crippen LogP contribution is -2.12. The van der Waals surface area contributed by atoms with E-state index in [1.807, 2.05) is 12.1 Å². The first-order valence-electron chi connectivity index (χ1n) is 6.37. The lowest BCUT2D eigenvalue weighted by atomic mass is 10.3. The highest BCUT2D eigenvalue weighted by molar-refractivity contribution is 5.90. The largest absolute Gasteiger partial charge is 0.436 e. The van der Waals surface area contributed by atoms with E-state index in [2.05, 4.69) is 20.7 Å². The lowest BCUT2D eigenvalue weighted by molar-refractivity contribution is -0.114. The highest BCUT2D eigenvalue weighted by atomic mass is 16.5. The van der Waals surface area contributed by atoms with Gasteiger partial charge in [-0.25, -0.2) is 10.8 Å². The molecule has 110 valence electrons. The van der Waals surface area contributed by atoms with Gasteiger partial charge >= 0.3 is 0 Å². The number of nitrogens with two attached hydrogens (primary N) is 1. The number of aromatic nitrogens is 2. The smallest absolute Gasteiger partial charge is 0.227 e. The summed E-state index contributed by atoms with van der Waals surface area (Å²) in [5, 5.41) is 2.71. The monoisotopic (exact) mass is 287 g/mol. The number of rotatable bonds is 4. The molecule has 0 fully saturated rings. The number of nitrogens with one attached hydrogen (secondary N) is 2. The molecule has 0 spiro atoms. The molecular formula is C14H17N5O2. The number of amides is 1. The zero-order valence-corrected chi connectivity index (χ0v) is 12.1. The Morgan fingerprint density at radius 3 is 2.62 bits per heavy atom. The molecule has 1 aromatic carbocycles. The average Bonchev–Trinajstić information content (AvgIpc) is 2.44. The summed E-state index contributed by atoms with van der Waals surface area (Å²) in [7, 11) is 0. The minimum absolute atomic E-state index is 0.175. The first-order chi connectivity index (χ1) is 10.0. The Kier molecular flexibility index (Phi) is 4.34. The van der Waals surface area contributed by atoms with Crippen LogP contribution in [0.5, 0.6) is 11.6 Å². The van der Waals surface area contributed by atoms with E-state index in [9.17, 15) is 4.79 Å². The van der Waals surface area contributed by atoms with Crippen LogP contribution in [0, 0.1) is 13.8 Å². The van der Waals surface area contributed by atoms with Crippen molar-refractivity contribution in [3.05, 3.63) is 35.7 Å². The Morgan fingerprint density at radius 2 is 1.95 bits per heavy atom. The molecule has 2 rings (SSSR count). The third-order valence-corrected chi connectivity index (χ3v) is 2.75. The van der Waals surface area contributed by atoms with Crippen LogP contribution >= 0.6 is 0 Å². The lowest BCUT2D eigenvalue weighted by Gasteiger charge is -2.14. The second-order valence-electron chi connectivity index (χ2n) is 4.47. The summed E-state index contributed by atoms with van der Waals surface area (Å²) in [4.78, 5) is 19.6. The maximum absolute atomic E-state index is 11.2. The number of hydrazine groups is 1. The normalized spacial score (nSPS) is 10.1. The van der Waals surface area contributed by atoms with Crippen LogP contribution in [0.15, 0.2) is 24.3 Å². The van der Waals surface area contributed by atoms with Crippen molar-refractivity contribution in [3.63, 3.8) is 0 Å². The summed E-state index contributed by atoms with van der Waals surface area (Å²) in [6, 6.07) is 7.12. The molecule has 1 heterocycles. The van der Waals surface area contributed by atoms with Crippen LogP contribution in [0.25, 0.3) is 0 Å². The Hall–Kier alpha value is -2.67. The van der Waals surface area contributed by atoms with Crippen molar-refractivity contribution >= 4 is 17.4 Å². The topological polar surface area (TPSA) is 102 Å². The number of benzene rings is 1. The van der Waals surface area contributed by atoms with Crippen molar-refractivity contribution in [2.24, 2.45) is 5.84 Å². The van der Waals surface area contributed by atoms with E-state index in [4.69, 9.17) is 10.6 Å². The highest BCUT2D eigenvalue weighted by Gasteiger charge is 2.13. The van der Waals surface area contributed by atoms with Crippen molar-refractivity contribution in [2.75, 3.05) is 10.7 Å². The predicted octanol–water partition coefficient (Wildman–Crippen LogP) is 2.13. The van der Waals surface area contributed by atoms with Gasteiger partial charge in [-0.05, 0) is 26.0 Å². The molecule has 0 saturated heterocycles. The summed E-state index contributed by atoms with van der Waals surface area (Å²) >= 11 is 0. The molecule has 0 unspecified atom stereocenters. The second kappa shape index (κ2) is 6.19. The first-order valence-corrected chi connectivity index (χ1v) is 6.37. The van der Waals surface area contributed by atoms with E-state index in [0.717, 1.165) is 0 Å². The van der Waals surface area contributed by atoms with Crippen LogP contribution in [0.1, 0.15) is 18.3 Å². The molecule has 1 aromatic heterocycles. The van der Waals surface area contributed by atoms with E-state index < -0.39 is 0 Å². The molecule has 0 aliphatic rings. The molecule has 0 atom stereocenters. The van der Waals surface area contributed by atoms with E-state index in [-0.39, 0.29) is 5.91 Å². The number of aryl methyl sites for hydroxylation is 1. The van der Waals surface area contributed by atoms with Gasteiger partial charge in [0.15, 0.2) is 5.75 Å². The number of hydrogen-bond donors (Lipinski definition) is 3. The third-order valence-electron chi connectivity index (χ3n) is 2.75. The maximum atomic E-state index is 11.2. The van der Waals surface area contributed by atoms with Gasteiger partial charge in [0.25, 0.3) is 0 Å². The van der Waals surface area contributed by atoms with Crippen LogP contribution in [-0.2, 0) is 4.79 Å². The molecule has 7 nitrogen and oxygen atoms in total. The highest BCUT2D eigenvalue weighted by Crippen LogP contribution is 2.31. The Bertz CT molecular complexity index is 672. The molecule has 21 heavy (non-hydrogen) atoms. The van der Waals surface area contributed by atoms with Gasteiger partial charge in [0.05, 0.1) is 11.3 Å². The van der Waals surface area contributed by atoms with Crippen LogP contribution in [0.2, 0.25) is 0 Å². The molecule has 0 aliphatic carbocycles. The fourth-order valence-electron chi connectivity index (χ4n) is 1.80. The fraction of sp³-hybridized carbons (Fsp3) is 0.214. The zero-order valence-electron chi connectivity index (χ0n) is 12.1. The number of carbonyl (C=O) groups excluding carboxylic acids is 1. The third kappa shape index (κ3) is 3.46. The van der Waals surface area contributed by atoms with Crippen molar-refractivity contribution in [3.8, 4) is 11.6 Å². The number of para-hydroxylation sites is 2. The Morgan fingerprint density at radius 1 is 1.24 bits per heavy atom. The van der Waals surface area contributed by atoms with Gasteiger partial charge in [0.1, 0.15) is 11.6 Å². The number of anilines is 2. The minimum atomic E-state index is -0.175. The zero-order chi connectivity index (χ0) is 15.4.